The molecule has 0 spiro atoms. The van der Waals surface area contributed by atoms with Crippen molar-refractivity contribution < 1.29 is 19.1 Å². The van der Waals surface area contributed by atoms with Crippen LogP contribution in [0.4, 0.5) is 0 Å². The molecular formula is C16H18N2O4. The van der Waals surface area contributed by atoms with Crippen LogP contribution in [0.5, 0.6) is 11.5 Å². The lowest BCUT2D eigenvalue weighted by atomic mass is 9.98. The van der Waals surface area contributed by atoms with Crippen molar-refractivity contribution in [3.8, 4) is 17.6 Å². The molecule has 0 bridgehead atoms. The van der Waals surface area contributed by atoms with Gasteiger partial charge in [-0.2, -0.15) is 5.26 Å². The van der Waals surface area contributed by atoms with Crippen molar-refractivity contribution in [2.45, 2.75) is 25.3 Å². The summed E-state index contributed by atoms with van der Waals surface area (Å²) in [6.07, 6.45) is 2.60. The molecule has 116 valence electrons. The van der Waals surface area contributed by atoms with Gasteiger partial charge >= 0.3 is 0 Å². The smallest absolute Gasteiger partial charge is 0.259 e. The first-order valence-corrected chi connectivity index (χ1v) is 7.00. The number of carbonyl (C=O) groups is 2. The quantitative estimate of drug-likeness (QED) is 0.774. The minimum Gasteiger partial charge on any atom is -0.493 e. The number of carbonyl (C=O) groups excluding carboxylic acids is 2. The topological polar surface area (TPSA) is 88.4 Å². The fourth-order valence-corrected chi connectivity index (χ4v) is 2.23. The third kappa shape index (κ3) is 3.55. The molecule has 0 heterocycles. The van der Waals surface area contributed by atoms with Crippen LogP contribution >= 0.6 is 0 Å². The van der Waals surface area contributed by atoms with E-state index in [9.17, 15) is 14.9 Å². The average molecular weight is 302 g/mol. The van der Waals surface area contributed by atoms with Crippen LogP contribution in [0.15, 0.2) is 18.2 Å². The number of aldehydes is 1. The molecule has 1 saturated carbocycles. The Balaban J connectivity index is 1.96. The maximum Gasteiger partial charge on any atom is 0.259 e. The highest BCUT2D eigenvalue weighted by Crippen LogP contribution is 2.39. The fraction of sp³-hybridized carbons (Fsp3) is 0.438. The van der Waals surface area contributed by atoms with E-state index < -0.39 is 5.54 Å². The van der Waals surface area contributed by atoms with Gasteiger partial charge in [0.05, 0.1) is 13.2 Å². The van der Waals surface area contributed by atoms with Gasteiger partial charge in [-0.05, 0) is 43.9 Å². The summed E-state index contributed by atoms with van der Waals surface area (Å²) in [4.78, 5) is 22.7. The van der Waals surface area contributed by atoms with Gasteiger partial charge in [0.15, 0.2) is 18.1 Å². The van der Waals surface area contributed by atoms with E-state index in [1.54, 1.807) is 19.1 Å². The molecule has 2 rings (SSSR count). The number of methoxy groups -OCH3 is 1. The standard InChI is InChI=1S/C16H18N2O4/c1-16(10-17,12-4-5-12)18-15(20)9-22-13-6-3-11(8-19)7-14(13)21-2/h3,6-8,12H,4-5,9H2,1-2H3,(H,18,20). The van der Waals surface area contributed by atoms with Crippen molar-refractivity contribution in [2.24, 2.45) is 5.92 Å². The summed E-state index contributed by atoms with van der Waals surface area (Å²) in [5.41, 5.74) is -0.384. The Kier molecular flexibility index (Phi) is 4.66. The first-order valence-electron chi connectivity index (χ1n) is 7.00. The minimum absolute atomic E-state index is 0.211. The maximum atomic E-state index is 12.0. The second kappa shape index (κ2) is 6.48. The van der Waals surface area contributed by atoms with E-state index in [1.807, 2.05) is 0 Å². The molecule has 1 atom stereocenters. The molecule has 22 heavy (non-hydrogen) atoms. The molecule has 6 heteroatoms. The van der Waals surface area contributed by atoms with Crippen LogP contribution in [0.3, 0.4) is 0 Å². The van der Waals surface area contributed by atoms with Gasteiger partial charge in [0.2, 0.25) is 0 Å². The number of rotatable bonds is 7. The molecule has 1 aromatic carbocycles. The van der Waals surface area contributed by atoms with Crippen molar-refractivity contribution in [2.75, 3.05) is 13.7 Å². The van der Waals surface area contributed by atoms with Crippen LogP contribution in [0, 0.1) is 17.2 Å². The molecular weight excluding hydrogens is 284 g/mol. The zero-order valence-corrected chi connectivity index (χ0v) is 12.6. The van der Waals surface area contributed by atoms with E-state index >= 15 is 0 Å². The molecule has 1 unspecified atom stereocenters. The first kappa shape index (κ1) is 15.8. The normalized spacial score (nSPS) is 16.0. The van der Waals surface area contributed by atoms with Crippen LogP contribution in [0.2, 0.25) is 0 Å². The van der Waals surface area contributed by atoms with Crippen LogP contribution in [-0.4, -0.2) is 31.4 Å². The van der Waals surface area contributed by atoms with E-state index in [0.29, 0.717) is 23.3 Å². The highest BCUT2D eigenvalue weighted by molar-refractivity contribution is 5.79. The minimum atomic E-state index is -0.841. The molecule has 6 nitrogen and oxygen atoms in total. The lowest BCUT2D eigenvalue weighted by molar-refractivity contribution is -0.124. The highest BCUT2D eigenvalue weighted by Gasteiger charge is 2.43. The van der Waals surface area contributed by atoms with Gasteiger partial charge < -0.3 is 14.8 Å². The van der Waals surface area contributed by atoms with Crippen LogP contribution in [0.25, 0.3) is 0 Å². The Labute approximate surface area is 129 Å². The van der Waals surface area contributed by atoms with E-state index in [-0.39, 0.29) is 18.4 Å². The number of benzene rings is 1. The van der Waals surface area contributed by atoms with Gasteiger partial charge in [0.25, 0.3) is 5.91 Å². The number of nitriles is 1. The third-order valence-electron chi connectivity index (χ3n) is 3.71. The lowest BCUT2D eigenvalue weighted by Gasteiger charge is -2.23. The Bertz CT molecular complexity index is 619. The summed E-state index contributed by atoms with van der Waals surface area (Å²) in [6, 6.07) is 6.83. The van der Waals surface area contributed by atoms with Crippen molar-refractivity contribution in [3.05, 3.63) is 23.8 Å². The number of nitrogens with one attached hydrogen (secondary N) is 1. The number of ether oxygens (including phenoxy) is 2. The molecule has 0 aliphatic heterocycles. The zero-order chi connectivity index (χ0) is 16.2. The molecule has 1 fully saturated rings. The van der Waals surface area contributed by atoms with Gasteiger partial charge in [-0.3, -0.25) is 9.59 Å². The Morgan fingerprint density at radius 3 is 2.77 bits per heavy atom. The second-order valence-corrected chi connectivity index (χ2v) is 5.45. The largest absolute Gasteiger partial charge is 0.493 e. The summed E-state index contributed by atoms with van der Waals surface area (Å²) >= 11 is 0. The lowest BCUT2D eigenvalue weighted by Crippen LogP contribution is -2.48. The number of amides is 1. The van der Waals surface area contributed by atoms with E-state index in [2.05, 4.69) is 11.4 Å². The summed E-state index contributed by atoms with van der Waals surface area (Å²) < 4.78 is 10.5. The Hall–Kier alpha value is -2.55. The fourth-order valence-electron chi connectivity index (χ4n) is 2.23. The van der Waals surface area contributed by atoms with Crippen molar-refractivity contribution in [1.82, 2.24) is 5.32 Å². The van der Waals surface area contributed by atoms with Crippen molar-refractivity contribution in [1.29, 1.82) is 5.26 Å². The maximum absolute atomic E-state index is 12.0. The van der Waals surface area contributed by atoms with Crippen LogP contribution in [0.1, 0.15) is 30.1 Å². The molecule has 1 amide bonds. The third-order valence-corrected chi connectivity index (χ3v) is 3.71. The molecule has 0 radical (unpaired) electrons. The second-order valence-electron chi connectivity index (χ2n) is 5.45. The average Bonchev–Trinajstić information content (AvgIpc) is 3.37. The molecule has 0 saturated heterocycles. The molecule has 1 aromatic rings. The summed E-state index contributed by atoms with van der Waals surface area (Å²) in [5.74, 6) is 0.594. The molecule has 1 N–H and O–H groups in total. The van der Waals surface area contributed by atoms with Gasteiger partial charge in [0.1, 0.15) is 11.8 Å². The van der Waals surface area contributed by atoms with Crippen molar-refractivity contribution in [3.63, 3.8) is 0 Å². The summed E-state index contributed by atoms with van der Waals surface area (Å²) in [6.45, 7) is 1.50. The number of nitrogens with zero attached hydrogens (tertiary/aromatic N) is 1. The number of hydrogen-bond donors (Lipinski definition) is 1. The monoisotopic (exact) mass is 302 g/mol. The Morgan fingerprint density at radius 2 is 2.23 bits per heavy atom. The highest BCUT2D eigenvalue weighted by atomic mass is 16.5. The molecule has 1 aliphatic rings. The number of hydrogen-bond acceptors (Lipinski definition) is 5. The Morgan fingerprint density at radius 1 is 1.50 bits per heavy atom. The van der Waals surface area contributed by atoms with Crippen LogP contribution < -0.4 is 14.8 Å². The molecule has 1 aliphatic carbocycles. The van der Waals surface area contributed by atoms with E-state index in [1.165, 1.54) is 13.2 Å². The van der Waals surface area contributed by atoms with Crippen LogP contribution in [-0.2, 0) is 4.79 Å². The van der Waals surface area contributed by atoms with E-state index in [0.717, 1.165) is 12.8 Å². The summed E-state index contributed by atoms with van der Waals surface area (Å²) in [7, 11) is 1.46. The SMILES string of the molecule is COc1cc(C=O)ccc1OCC(=O)NC(C)(C#N)C1CC1. The predicted octanol–water partition coefficient (Wildman–Crippen LogP) is 1.69. The van der Waals surface area contributed by atoms with Crippen molar-refractivity contribution >= 4 is 12.2 Å². The van der Waals surface area contributed by atoms with Gasteiger partial charge in [-0.15, -0.1) is 0 Å². The predicted molar refractivity (Wildman–Crippen MR) is 78.8 cm³/mol. The van der Waals surface area contributed by atoms with Gasteiger partial charge in [0, 0.05) is 5.56 Å². The van der Waals surface area contributed by atoms with Gasteiger partial charge in [-0.25, -0.2) is 0 Å². The zero-order valence-electron chi connectivity index (χ0n) is 12.6. The van der Waals surface area contributed by atoms with E-state index in [4.69, 9.17) is 9.47 Å². The molecule has 0 aromatic heterocycles. The first-order chi connectivity index (χ1) is 10.5. The van der Waals surface area contributed by atoms with Gasteiger partial charge in [-0.1, -0.05) is 0 Å². The summed E-state index contributed by atoms with van der Waals surface area (Å²) in [5, 5.41) is 11.9.